The Balaban J connectivity index is 2.17. The van der Waals surface area contributed by atoms with Crippen molar-refractivity contribution in [1.82, 2.24) is 0 Å². The lowest BCUT2D eigenvalue weighted by atomic mass is 9.80. The fraction of sp³-hybridized carbons (Fsp3) is 0.143. The minimum atomic E-state index is 0.227. The van der Waals surface area contributed by atoms with E-state index < -0.39 is 0 Å². The average molecular weight is 318 g/mol. The van der Waals surface area contributed by atoms with Crippen molar-refractivity contribution in [2.45, 2.75) is 6.42 Å². The third kappa shape index (κ3) is 1.98. The number of hydrogen-bond acceptors (Lipinski definition) is 3. The van der Waals surface area contributed by atoms with Gasteiger partial charge in [-0.1, -0.05) is 30.8 Å². The summed E-state index contributed by atoms with van der Waals surface area (Å²) in [4.78, 5) is 0. The number of benzene rings is 3. The molecule has 1 N–H and O–H groups in total. The Hall–Kier alpha value is -2.94. The number of ether oxygens (including phenoxy) is 2. The van der Waals surface area contributed by atoms with Crippen LogP contribution in [0.1, 0.15) is 11.1 Å². The van der Waals surface area contributed by atoms with Gasteiger partial charge in [0.1, 0.15) is 5.75 Å². The largest absolute Gasteiger partial charge is 0.507 e. The van der Waals surface area contributed by atoms with E-state index in [0.29, 0.717) is 11.5 Å². The van der Waals surface area contributed by atoms with Gasteiger partial charge in [0, 0.05) is 5.39 Å². The number of aromatic hydroxyl groups is 1. The van der Waals surface area contributed by atoms with E-state index >= 15 is 0 Å². The first-order valence-corrected chi connectivity index (χ1v) is 7.82. The maximum atomic E-state index is 10.5. The molecule has 3 aromatic rings. The fourth-order valence-corrected chi connectivity index (χ4v) is 3.54. The molecule has 3 heteroatoms. The molecule has 3 aromatic carbocycles. The molecule has 0 spiro atoms. The third-order valence-electron chi connectivity index (χ3n) is 4.69. The standard InChI is InChI=1S/C21H18O3/c1-12-8-13-6-4-5-7-14(13)21-15(12)9-18(22)16-10-19(23-2)20(24-3)11-17(16)21/h4-7,9-11,22H,1,8H2,2-3H3. The predicted molar refractivity (Wildman–Crippen MR) is 96.9 cm³/mol. The van der Waals surface area contributed by atoms with Crippen LogP contribution in [0.25, 0.3) is 27.5 Å². The normalized spacial score (nSPS) is 12.7. The van der Waals surface area contributed by atoms with Crippen molar-refractivity contribution in [3.63, 3.8) is 0 Å². The second-order valence-electron chi connectivity index (χ2n) is 6.01. The van der Waals surface area contributed by atoms with Crippen molar-refractivity contribution >= 4 is 16.3 Å². The van der Waals surface area contributed by atoms with Gasteiger partial charge in [-0.15, -0.1) is 0 Å². The SMILES string of the molecule is C=C1Cc2ccccc2-c2c1cc(O)c1cc(OC)c(OC)cc21. The molecule has 0 fully saturated rings. The molecule has 0 unspecified atom stereocenters. The van der Waals surface area contributed by atoms with Gasteiger partial charge in [0.15, 0.2) is 11.5 Å². The number of rotatable bonds is 2. The Bertz CT molecular complexity index is 986. The first-order chi connectivity index (χ1) is 11.6. The van der Waals surface area contributed by atoms with Crippen LogP contribution < -0.4 is 9.47 Å². The Labute approximate surface area is 140 Å². The third-order valence-corrected chi connectivity index (χ3v) is 4.69. The highest BCUT2D eigenvalue weighted by atomic mass is 16.5. The minimum Gasteiger partial charge on any atom is -0.507 e. The fourth-order valence-electron chi connectivity index (χ4n) is 3.54. The first kappa shape index (κ1) is 14.6. The molecule has 0 atom stereocenters. The summed E-state index contributed by atoms with van der Waals surface area (Å²) in [5.74, 6) is 1.47. The average Bonchev–Trinajstić information content (AvgIpc) is 2.61. The summed E-state index contributed by atoms with van der Waals surface area (Å²) in [6.07, 6.45) is 0.793. The lowest BCUT2D eigenvalue weighted by Gasteiger charge is -2.24. The van der Waals surface area contributed by atoms with Crippen molar-refractivity contribution in [3.8, 4) is 28.4 Å². The monoisotopic (exact) mass is 318 g/mol. The second kappa shape index (κ2) is 5.31. The van der Waals surface area contributed by atoms with Crippen molar-refractivity contribution < 1.29 is 14.6 Å². The number of allylic oxidation sites excluding steroid dienone is 1. The van der Waals surface area contributed by atoms with E-state index in [-0.39, 0.29) is 5.75 Å². The maximum absolute atomic E-state index is 10.5. The molecule has 0 bridgehead atoms. The van der Waals surface area contributed by atoms with Crippen LogP contribution in [0.5, 0.6) is 17.2 Å². The van der Waals surface area contributed by atoms with E-state index in [1.807, 2.05) is 30.3 Å². The summed E-state index contributed by atoms with van der Waals surface area (Å²) >= 11 is 0. The predicted octanol–water partition coefficient (Wildman–Crippen LogP) is 4.80. The van der Waals surface area contributed by atoms with E-state index in [0.717, 1.165) is 33.9 Å². The van der Waals surface area contributed by atoms with Crippen molar-refractivity contribution in [1.29, 1.82) is 0 Å². The van der Waals surface area contributed by atoms with Gasteiger partial charge in [0.2, 0.25) is 0 Å². The number of hydrogen-bond donors (Lipinski definition) is 1. The Morgan fingerprint density at radius 3 is 2.29 bits per heavy atom. The Morgan fingerprint density at radius 1 is 0.917 bits per heavy atom. The molecule has 120 valence electrons. The van der Waals surface area contributed by atoms with Gasteiger partial charge in [-0.05, 0) is 57.8 Å². The van der Waals surface area contributed by atoms with E-state index in [4.69, 9.17) is 9.47 Å². The van der Waals surface area contributed by atoms with Gasteiger partial charge in [0.05, 0.1) is 14.2 Å². The molecule has 0 radical (unpaired) electrons. The molecule has 0 aliphatic heterocycles. The molecular weight excluding hydrogens is 300 g/mol. The van der Waals surface area contributed by atoms with Gasteiger partial charge >= 0.3 is 0 Å². The summed E-state index contributed by atoms with van der Waals surface area (Å²) in [5, 5.41) is 12.2. The van der Waals surface area contributed by atoms with Gasteiger partial charge in [-0.3, -0.25) is 0 Å². The smallest absolute Gasteiger partial charge is 0.161 e. The van der Waals surface area contributed by atoms with Gasteiger partial charge in [-0.2, -0.15) is 0 Å². The maximum Gasteiger partial charge on any atom is 0.161 e. The van der Waals surface area contributed by atoms with Gasteiger partial charge in [0.25, 0.3) is 0 Å². The molecule has 24 heavy (non-hydrogen) atoms. The molecule has 0 amide bonds. The summed E-state index contributed by atoms with van der Waals surface area (Å²) in [7, 11) is 3.21. The molecule has 0 aromatic heterocycles. The van der Waals surface area contributed by atoms with Crippen LogP contribution in [0.15, 0.2) is 49.0 Å². The highest BCUT2D eigenvalue weighted by Gasteiger charge is 2.23. The molecule has 3 nitrogen and oxygen atoms in total. The van der Waals surface area contributed by atoms with Crippen LogP contribution >= 0.6 is 0 Å². The summed E-state index contributed by atoms with van der Waals surface area (Å²) in [6, 6.07) is 13.9. The van der Waals surface area contributed by atoms with E-state index in [9.17, 15) is 5.11 Å². The summed E-state index contributed by atoms with van der Waals surface area (Å²) in [5.41, 5.74) is 5.52. The topological polar surface area (TPSA) is 38.7 Å². The van der Waals surface area contributed by atoms with Crippen LogP contribution in [0.4, 0.5) is 0 Å². The highest BCUT2D eigenvalue weighted by Crippen LogP contribution is 2.47. The minimum absolute atomic E-state index is 0.227. The van der Waals surface area contributed by atoms with Crippen LogP contribution in [0.3, 0.4) is 0 Å². The van der Waals surface area contributed by atoms with Crippen LogP contribution in [0, 0.1) is 0 Å². The van der Waals surface area contributed by atoms with Crippen LogP contribution in [-0.4, -0.2) is 19.3 Å². The lowest BCUT2D eigenvalue weighted by molar-refractivity contribution is 0.355. The molecule has 1 aliphatic carbocycles. The van der Waals surface area contributed by atoms with Crippen molar-refractivity contribution in [2.24, 2.45) is 0 Å². The van der Waals surface area contributed by atoms with Gasteiger partial charge < -0.3 is 14.6 Å². The summed E-state index contributed by atoms with van der Waals surface area (Å²) in [6.45, 7) is 4.21. The number of phenolic OH excluding ortho intramolecular Hbond substituents is 1. The molecule has 0 saturated heterocycles. The van der Waals surface area contributed by atoms with Crippen molar-refractivity contribution in [3.05, 3.63) is 60.2 Å². The number of methoxy groups -OCH3 is 2. The molecule has 0 heterocycles. The Kier molecular flexibility index (Phi) is 3.24. The van der Waals surface area contributed by atoms with Crippen LogP contribution in [-0.2, 0) is 6.42 Å². The van der Waals surface area contributed by atoms with Gasteiger partial charge in [-0.25, -0.2) is 0 Å². The second-order valence-corrected chi connectivity index (χ2v) is 6.01. The number of phenols is 1. The highest BCUT2D eigenvalue weighted by molar-refractivity contribution is 6.08. The zero-order valence-electron chi connectivity index (χ0n) is 13.7. The molecule has 0 saturated carbocycles. The molecular formula is C21H18O3. The summed E-state index contributed by atoms with van der Waals surface area (Å²) < 4.78 is 10.8. The number of fused-ring (bicyclic) bond motifs is 5. The first-order valence-electron chi connectivity index (χ1n) is 7.82. The Morgan fingerprint density at radius 2 is 1.58 bits per heavy atom. The lowest BCUT2D eigenvalue weighted by Crippen LogP contribution is -2.03. The van der Waals surface area contributed by atoms with Crippen LogP contribution in [0.2, 0.25) is 0 Å². The molecule has 1 aliphatic rings. The quantitative estimate of drug-likeness (QED) is 0.737. The zero-order valence-corrected chi connectivity index (χ0v) is 13.7. The van der Waals surface area contributed by atoms with E-state index in [2.05, 4.69) is 18.7 Å². The zero-order chi connectivity index (χ0) is 16.8. The molecule has 4 rings (SSSR count). The van der Waals surface area contributed by atoms with Crippen molar-refractivity contribution in [2.75, 3.05) is 14.2 Å². The van der Waals surface area contributed by atoms with E-state index in [1.165, 1.54) is 11.1 Å². The van der Waals surface area contributed by atoms with E-state index in [1.54, 1.807) is 14.2 Å².